The molecule has 25 heavy (non-hydrogen) atoms. The number of hydrogen-bond acceptors (Lipinski definition) is 4. The van der Waals surface area contributed by atoms with Gasteiger partial charge in [-0.3, -0.25) is 0 Å². The van der Waals surface area contributed by atoms with E-state index in [0.29, 0.717) is 0 Å². The number of halogens is 2. The van der Waals surface area contributed by atoms with E-state index in [4.69, 9.17) is 17.8 Å². The number of nitrogens with zero attached hydrogens (tertiary/aromatic N) is 2. The zero-order chi connectivity index (χ0) is 18.8. The Morgan fingerprint density at radius 3 is 1.48 bits per heavy atom. The molecule has 0 unspecified atom stereocenters. The van der Waals surface area contributed by atoms with Crippen LogP contribution in [0.4, 0.5) is 0 Å². The Morgan fingerprint density at radius 2 is 1.16 bits per heavy atom. The van der Waals surface area contributed by atoms with Crippen molar-refractivity contribution in [2.45, 2.75) is 64.4 Å². The zero-order valence-corrected chi connectivity index (χ0v) is 21.5. The fourth-order valence-electron chi connectivity index (χ4n) is 2.65. The van der Waals surface area contributed by atoms with Crippen molar-refractivity contribution >= 4 is 49.1 Å². The first-order valence-corrected chi connectivity index (χ1v) is 24.2. The van der Waals surface area contributed by atoms with Crippen molar-refractivity contribution in [3.63, 3.8) is 0 Å². The summed E-state index contributed by atoms with van der Waals surface area (Å²) >= 11 is -3.50. The molecule has 0 aromatic carbocycles. The van der Waals surface area contributed by atoms with Gasteiger partial charge in [-0.15, -0.1) is 0 Å². The predicted molar refractivity (Wildman–Crippen MR) is 115 cm³/mol. The molecule has 0 aliphatic heterocycles. The maximum atomic E-state index is 6.80. The molecule has 2 aromatic heterocycles. The molecule has 2 nitrogen and oxygen atoms in total. The molecule has 0 amide bonds. The van der Waals surface area contributed by atoms with Crippen LogP contribution in [0, 0.1) is 27.7 Å². The van der Waals surface area contributed by atoms with Crippen molar-refractivity contribution in [2.24, 2.45) is 0 Å². The van der Waals surface area contributed by atoms with Crippen molar-refractivity contribution in [1.29, 1.82) is 0 Å². The summed E-state index contributed by atoms with van der Waals surface area (Å²) in [5.41, 5.74) is 7.25. The molecule has 0 spiro atoms. The molecule has 2 rings (SSSR count). The van der Waals surface area contributed by atoms with E-state index < -0.39 is 13.4 Å². The molecule has 0 N–H and O–H groups in total. The standard InChI is InChI=1S/2C9H13NS.2ClH.Sn/c2*1-4-8-5-9(11)10-7(3)6(8)2;;;/h2*5H,4H2,1-3H3,(H,10,11);2*1H;/q;;;;+4/p-4. The molecule has 2 aromatic rings. The van der Waals surface area contributed by atoms with E-state index in [1.807, 2.05) is 13.8 Å². The van der Waals surface area contributed by atoms with Gasteiger partial charge in [0.05, 0.1) is 0 Å². The van der Waals surface area contributed by atoms with E-state index in [-0.39, 0.29) is 0 Å². The van der Waals surface area contributed by atoms with Gasteiger partial charge >= 0.3 is 169 Å². The summed E-state index contributed by atoms with van der Waals surface area (Å²) in [7, 11) is 16.7. The molecule has 0 aliphatic carbocycles. The second-order valence-corrected chi connectivity index (χ2v) is 38.3. The monoisotopic (exact) mass is 522 g/mol. The van der Waals surface area contributed by atoms with Crippen LogP contribution >= 0.6 is 35.7 Å². The van der Waals surface area contributed by atoms with Gasteiger partial charge in [0, 0.05) is 0 Å². The SMILES string of the molecule is CCc1cc([S][Sn]([Cl])([Cl])[S]c2cc(CC)c(C)c(C)n2)nc(C)c1C. The number of rotatable bonds is 6. The van der Waals surface area contributed by atoms with Crippen LogP contribution < -0.4 is 0 Å². The van der Waals surface area contributed by atoms with Crippen LogP contribution in [0.2, 0.25) is 0 Å². The van der Waals surface area contributed by atoms with Crippen LogP contribution in [0.15, 0.2) is 22.2 Å². The summed E-state index contributed by atoms with van der Waals surface area (Å²) < 4.78 is 0. The first-order chi connectivity index (χ1) is 11.7. The molecular weight excluding hydrogens is 498 g/mol. The third kappa shape index (κ3) is 5.68. The third-order valence-corrected chi connectivity index (χ3v) is 22.9. The Kier molecular flexibility index (Phi) is 7.84. The van der Waals surface area contributed by atoms with Crippen LogP contribution in [-0.2, 0) is 12.8 Å². The summed E-state index contributed by atoms with van der Waals surface area (Å²) in [6.07, 6.45) is 1.98. The third-order valence-electron chi connectivity index (χ3n) is 4.41. The van der Waals surface area contributed by atoms with Gasteiger partial charge in [-0.2, -0.15) is 0 Å². The van der Waals surface area contributed by atoms with Gasteiger partial charge < -0.3 is 0 Å². The fourth-order valence-corrected chi connectivity index (χ4v) is 20.9. The van der Waals surface area contributed by atoms with E-state index in [2.05, 4.69) is 49.8 Å². The number of aryl methyl sites for hydroxylation is 4. The molecule has 136 valence electrons. The van der Waals surface area contributed by atoms with Crippen LogP contribution in [0.3, 0.4) is 0 Å². The topological polar surface area (TPSA) is 25.8 Å². The van der Waals surface area contributed by atoms with Crippen molar-refractivity contribution in [3.8, 4) is 0 Å². The van der Waals surface area contributed by atoms with Gasteiger partial charge in [-0.25, -0.2) is 0 Å². The summed E-state index contributed by atoms with van der Waals surface area (Å²) in [6, 6.07) is 4.27. The Labute approximate surface area is 168 Å². The summed E-state index contributed by atoms with van der Waals surface area (Å²) in [5, 5.41) is 1.88. The van der Waals surface area contributed by atoms with Gasteiger partial charge in [-0.1, -0.05) is 0 Å². The second-order valence-electron chi connectivity index (χ2n) is 6.03. The summed E-state index contributed by atoms with van der Waals surface area (Å²) in [4.78, 5) is 9.37. The molecule has 0 bridgehead atoms. The quantitative estimate of drug-likeness (QED) is 0.398. The molecular formula is C18H24Cl2N2S2Sn. The van der Waals surface area contributed by atoms with Crippen LogP contribution in [0.1, 0.15) is 47.5 Å². The van der Waals surface area contributed by atoms with E-state index in [1.165, 1.54) is 22.3 Å². The molecule has 0 saturated carbocycles. The molecule has 2 heterocycles. The first kappa shape index (κ1) is 21.7. The van der Waals surface area contributed by atoms with Gasteiger partial charge in [0.15, 0.2) is 0 Å². The van der Waals surface area contributed by atoms with Crippen molar-refractivity contribution < 1.29 is 0 Å². The van der Waals surface area contributed by atoms with E-state index in [9.17, 15) is 0 Å². The van der Waals surface area contributed by atoms with E-state index in [0.717, 1.165) is 34.3 Å². The molecule has 7 heteroatoms. The molecule has 0 saturated heterocycles. The van der Waals surface area contributed by atoms with Crippen molar-refractivity contribution in [1.82, 2.24) is 9.97 Å². The zero-order valence-electron chi connectivity index (χ0n) is 15.5. The van der Waals surface area contributed by atoms with Crippen LogP contribution in [-0.4, -0.2) is 23.3 Å². The van der Waals surface area contributed by atoms with E-state index in [1.54, 1.807) is 17.9 Å². The predicted octanol–water partition coefficient (Wildman–Crippen LogP) is 6.63. The molecule has 0 atom stereocenters. The average Bonchev–Trinajstić information content (AvgIpc) is 2.53. The van der Waals surface area contributed by atoms with Crippen molar-refractivity contribution in [3.05, 3.63) is 45.8 Å². The van der Waals surface area contributed by atoms with Crippen molar-refractivity contribution in [2.75, 3.05) is 0 Å². The number of pyridine rings is 2. The van der Waals surface area contributed by atoms with Gasteiger partial charge in [-0.05, 0) is 0 Å². The van der Waals surface area contributed by atoms with Gasteiger partial charge in [0.25, 0.3) is 0 Å². The van der Waals surface area contributed by atoms with Crippen LogP contribution in [0.5, 0.6) is 0 Å². The van der Waals surface area contributed by atoms with Gasteiger partial charge in [0.1, 0.15) is 0 Å². The van der Waals surface area contributed by atoms with E-state index >= 15 is 0 Å². The Balaban J connectivity index is 2.25. The number of aromatic nitrogens is 2. The van der Waals surface area contributed by atoms with Gasteiger partial charge in [0.2, 0.25) is 0 Å². The minimum atomic E-state index is -3.50. The normalized spacial score (nSPS) is 11.8. The summed E-state index contributed by atoms with van der Waals surface area (Å²) in [6.45, 7) is 12.6. The number of hydrogen-bond donors (Lipinski definition) is 0. The summed E-state index contributed by atoms with van der Waals surface area (Å²) in [5.74, 6) is 0. The first-order valence-electron chi connectivity index (χ1n) is 8.36. The Hall–Kier alpha value is 0.379. The fraction of sp³-hybridized carbons (Fsp3) is 0.444. The molecule has 0 radical (unpaired) electrons. The van der Waals surface area contributed by atoms with Crippen LogP contribution in [0.25, 0.3) is 0 Å². The molecule has 0 fully saturated rings. The Morgan fingerprint density at radius 1 is 0.800 bits per heavy atom. The maximum absolute atomic E-state index is 6.80. The average molecular weight is 522 g/mol. The minimum absolute atomic E-state index is 0.938. The molecule has 0 aliphatic rings. The Bertz CT molecular complexity index is 719. The second kappa shape index (κ2) is 9.05.